The standard InChI is InChI=1S/C20H22N4O/c1-12-5-16-13(3-4-20(16)25-2)6-15(12)10-24-11-23-18-8-17(22)14(9-21)7-19(18)24/h5-9,11,20-21H,3-4,10,22H2,1-2H3. The second-order valence-corrected chi connectivity index (χ2v) is 6.73. The number of hydrogen-bond acceptors (Lipinski definition) is 4. The maximum Gasteiger partial charge on any atom is 0.0961 e. The first-order chi connectivity index (χ1) is 12.1. The normalized spacial score (nSPS) is 16.3. The molecule has 0 saturated carbocycles. The highest BCUT2D eigenvalue weighted by Crippen LogP contribution is 2.35. The largest absolute Gasteiger partial charge is 0.398 e. The van der Waals surface area contributed by atoms with E-state index in [9.17, 15) is 0 Å². The molecule has 1 aliphatic carbocycles. The minimum atomic E-state index is 0.231. The molecule has 4 rings (SSSR count). The molecule has 25 heavy (non-hydrogen) atoms. The van der Waals surface area contributed by atoms with Gasteiger partial charge >= 0.3 is 0 Å². The summed E-state index contributed by atoms with van der Waals surface area (Å²) in [7, 11) is 1.78. The third kappa shape index (κ3) is 2.61. The topological polar surface area (TPSA) is 76.9 Å². The van der Waals surface area contributed by atoms with E-state index in [0.717, 1.165) is 36.0 Å². The minimum absolute atomic E-state index is 0.231. The molecule has 1 atom stereocenters. The van der Waals surface area contributed by atoms with E-state index in [1.807, 2.05) is 18.5 Å². The van der Waals surface area contributed by atoms with Gasteiger partial charge in [0.2, 0.25) is 0 Å². The number of methoxy groups -OCH3 is 1. The number of rotatable bonds is 4. The molecule has 0 radical (unpaired) electrons. The van der Waals surface area contributed by atoms with Crippen LogP contribution in [-0.2, 0) is 17.7 Å². The molecule has 128 valence electrons. The number of anilines is 1. The lowest BCUT2D eigenvalue weighted by Crippen LogP contribution is -2.03. The van der Waals surface area contributed by atoms with Crippen molar-refractivity contribution in [2.24, 2.45) is 0 Å². The summed E-state index contributed by atoms with van der Waals surface area (Å²) in [5.74, 6) is 0. The fraction of sp³-hybridized carbons (Fsp3) is 0.300. The average molecular weight is 334 g/mol. The summed E-state index contributed by atoms with van der Waals surface area (Å²) in [6.07, 6.45) is 5.50. The highest BCUT2D eigenvalue weighted by Gasteiger charge is 2.23. The van der Waals surface area contributed by atoms with Crippen LogP contribution in [0.15, 0.2) is 30.6 Å². The zero-order valence-electron chi connectivity index (χ0n) is 14.5. The summed E-state index contributed by atoms with van der Waals surface area (Å²) in [6.45, 7) is 2.91. The quantitative estimate of drug-likeness (QED) is 0.565. The Kier molecular flexibility index (Phi) is 3.81. The summed E-state index contributed by atoms with van der Waals surface area (Å²) in [5, 5.41) is 7.51. The lowest BCUT2D eigenvalue weighted by Gasteiger charge is -2.14. The molecule has 0 saturated heterocycles. The summed E-state index contributed by atoms with van der Waals surface area (Å²) in [4.78, 5) is 4.47. The number of nitrogens with zero attached hydrogens (tertiary/aromatic N) is 2. The Morgan fingerprint density at radius 1 is 1.36 bits per heavy atom. The van der Waals surface area contributed by atoms with Crippen LogP contribution in [0.3, 0.4) is 0 Å². The number of nitrogen functional groups attached to an aromatic ring is 1. The number of nitrogens with two attached hydrogens (primary N) is 1. The number of hydrogen-bond donors (Lipinski definition) is 2. The Morgan fingerprint density at radius 2 is 2.20 bits per heavy atom. The van der Waals surface area contributed by atoms with Crippen molar-refractivity contribution in [3.8, 4) is 0 Å². The van der Waals surface area contributed by atoms with E-state index >= 15 is 0 Å². The number of aryl methyl sites for hydroxylation is 2. The lowest BCUT2D eigenvalue weighted by molar-refractivity contribution is 0.105. The summed E-state index contributed by atoms with van der Waals surface area (Å²) in [5.41, 5.74) is 14.4. The van der Waals surface area contributed by atoms with Crippen LogP contribution in [0.4, 0.5) is 5.69 Å². The van der Waals surface area contributed by atoms with Crippen molar-refractivity contribution in [3.63, 3.8) is 0 Å². The van der Waals surface area contributed by atoms with E-state index < -0.39 is 0 Å². The van der Waals surface area contributed by atoms with Crippen molar-refractivity contribution in [2.75, 3.05) is 12.8 Å². The number of fused-ring (bicyclic) bond motifs is 2. The number of imidazole rings is 1. The van der Waals surface area contributed by atoms with Gasteiger partial charge in [0.1, 0.15) is 0 Å². The highest BCUT2D eigenvalue weighted by atomic mass is 16.5. The van der Waals surface area contributed by atoms with E-state index in [-0.39, 0.29) is 6.10 Å². The first kappa shape index (κ1) is 15.8. The maximum absolute atomic E-state index is 7.51. The molecule has 3 N–H and O–H groups in total. The second kappa shape index (κ2) is 6.01. The maximum atomic E-state index is 7.51. The van der Waals surface area contributed by atoms with Gasteiger partial charge in [0, 0.05) is 31.1 Å². The first-order valence-electron chi connectivity index (χ1n) is 8.50. The first-order valence-corrected chi connectivity index (χ1v) is 8.50. The molecule has 0 aliphatic heterocycles. The molecule has 0 spiro atoms. The van der Waals surface area contributed by atoms with Crippen molar-refractivity contribution in [3.05, 3.63) is 58.4 Å². The predicted molar refractivity (Wildman–Crippen MR) is 100 cm³/mol. The molecular formula is C20H22N4O. The Morgan fingerprint density at radius 3 is 2.96 bits per heavy atom. The van der Waals surface area contributed by atoms with Gasteiger partial charge in [-0.15, -0.1) is 0 Å². The van der Waals surface area contributed by atoms with E-state index in [4.69, 9.17) is 15.9 Å². The number of aromatic nitrogens is 2. The Bertz CT molecular complexity index is 973. The van der Waals surface area contributed by atoms with Crippen molar-refractivity contribution in [2.45, 2.75) is 32.4 Å². The SMILES string of the molecule is COC1CCc2cc(Cn3cnc4cc(N)c(C=N)cc43)c(C)cc21. The number of ether oxygens (including phenoxy) is 1. The summed E-state index contributed by atoms with van der Waals surface area (Å²) >= 11 is 0. The van der Waals surface area contributed by atoms with Crippen LogP contribution in [0.2, 0.25) is 0 Å². The predicted octanol–water partition coefficient (Wildman–Crippen LogP) is 3.61. The Hall–Kier alpha value is -2.66. The molecule has 2 aromatic carbocycles. The van der Waals surface area contributed by atoms with Gasteiger partial charge in [-0.25, -0.2) is 4.98 Å². The van der Waals surface area contributed by atoms with Gasteiger partial charge in [0.15, 0.2) is 0 Å². The van der Waals surface area contributed by atoms with Crippen LogP contribution in [0.25, 0.3) is 11.0 Å². The van der Waals surface area contributed by atoms with Crippen LogP contribution in [0, 0.1) is 12.3 Å². The fourth-order valence-electron chi connectivity index (χ4n) is 3.77. The van der Waals surface area contributed by atoms with Crippen LogP contribution >= 0.6 is 0 Å². The summed E-state index contributed by atoms with van der Waals surface area (Å²) in [6, 6.07) is 8.36. The van der Waals surface area contributed by atoms with Gasteiger partial charge in [-0.2, -0.15) is 0 Å². The molecule has 5 nitrogen and oxygen atoms in total. The molecule has 5 heteroatoms. The average Bonchev–Trinajstić information content (AvgIpc) is 3.18. The molecule has 1 heterocycles. The van der Waals surface area contributed by atoms with Crippen molar-refractivity contribution in [1.82, 2.24) is 9.55 Å². The second-order valence-electron chi connectivity index (χ2n) is 6.73. The molecule has 0 bridgehead atoms. The Balaban J connectivity index is 1.74. The molecule has 1 aromatic heterocycles. The highest BCUT2D eigenvalue weighted by molar-refractivity contribution is 5.93. The molecular weight excluding hydrogens is 312 g/mol. The van der Waals surface area contributed by atoms with Gasteiger partial charge in [-0.1, -0.05) is 12.1 Å². The van der Waals surface area contributed by atoms with Gasteiger partial charge < -0.3 is 20.4 Å². The van der Waals surface area contributed by atoms with Gasteiger partial charge in [-0.05, 0) is 54.2 Å². The monoisotopic (exact) mass is 334 g/mol. The molecule has 0 fully saturated rings. The molecule has 1 unspecified atom stereocenters. The third-order valence-corrected chi connectivity index (χ3v) is 5.23. The van der Waals surface area contributed by atoms with Crippen molar-refractivity contribution in [1.29, 1.82) is 5.41 Å². The van der Waals surface area contributed by atoms with Crippen LogP contribution < -0.4 is 5.73 Å². The molecule has 0 amide bonds. The van der Waals surface area contributed by atoms with Crippen LogP contribution in [0.5, 0.6) is 0 Å². The lowest BCUT2D eigenvalue weighted by atomic mass is 10.00. The van der Waals surface area contributed by atoms with E-state index in [1.54, 1.807) is 7.11 Å². The zero-order chi connectivity index (χ0) is 17.6. The van der Waals surface area contributed by atoms with E-state index in [2.05, 4.69) is 28.6 Å². The summed E-state index contributed by atoms with van der Waals surface area (Å²) < 4.78 is 7.71. The zero-order valence-corrected chi connectivity index (χ0v) is 14.5. The Labute approximate surface area is 146 Å². The van der Waals surface area contributed by atoms with Crippen LogP contribution in [0.1, 0.15) is 40.3 Å². The van der Waals surface area contributed by atoms with Crippen molar-refractivity contribution < 1.29 is 4.74 Å². The van der Waals surface area contributed by atoms with E-state index in [1.165, 1.54) is 28.5 Å². The van der Waals surface area contributed by atoms with Crippen molar-refractivity contribution >= 4 is 22.9 Å². The smallest absolute Gasteiger partial charge is 0.0961 e. The number of nitrogens with one attached hydrogen (secondary N) is 1. The third-order valence-electron chi connectivity index (χ3n) is 5.23. The van der Waals surface area contributed by atoms with Gasteiger partial charge in [-0.3, -0.25) is 0 Å². The van der Waals surface area contributed by atoms with Gasteiger partial charge in [0.25, 0.3) is 0 Å². The molecule has 3 aromatic rings. The van der Waals surface area contributed by atoms with E-state index in [0.29, 0.717) is 5.69 Å². The fourth-order valence-corrected chi connectivity index (χ4v) is 3.77. The van der Waals surface area contributed by atoms with Gasteiger partial charge in [0.05, 0.1) is 23.5 Å². The van der Waals surface area contributed by atoms with Crippen LogP contribution in [-0.4, -0.2) is 22.9 Å². The minimum Gasteiger partial charge on any atom is -0.398 e. The number of benzene rings is 2. The molecule has 1 aliphatic rings.